The Kier molecular flexibility index (Phi) is 5.78. The first kappa shape index (κ1) is 12.9. The van der Waals surface area contributed by atoms with E-state index in [4.69, 9.17) is 8.76 Å². The Labute approximate surface area is 102 Å². The van der Waals surface area contributed by atoms with Crippen LogP contribution in [-0.2, 0) is 10.3 Å². The van der Waals surface area contributed by atoms with Crippen molar-refractivity contribution < 1.29 is 8.76 Å². The summed E-state index contributed by atoms with van der Waals surface area (Å²) in [7, 11) is 1.80. The van der Waals surface area contributed by atoms with Crippen molar-refractivity contribution in [2.45, 2.75) is 0 Å². The fourth-order valence-electron chi connectivity index (χ4n) is 1.26. The van der Waals surface area contributed by atoms with Crippen LogP contribution < -0.4 is 0 Å². The first-order valence-electron chi connectivity index (χ1n) is 4.56. The van der Waals surface area contributed by atoms with E-state index in [1.54, 1.807) is 0 Å². The minimum Gasteiger partial charge on any atom is -0.760 e. The lowest BCUT2D eigenvalue weighted by Crippen LogP contribution is -1.73. The second-order valence-electron chi connectivity index (χ2n) is 2.93. The van der Waals surface area contributed by atoms with Gasteiger partial charge in [0.1, 0.15) is 0 Å². The van der Waals surface area contributed by atoms with E-state index >= 15 is 0 Å². The van der Waals surface area contributed by atoms with Gasteiger partial charge in [0, 0.05) is 10.3 Å². The lowest BCUT2D eigenvalue weighted by atomic mass is 10.1. The summed E-state index contributed by atoms with van der Waals surface area (Å²) in [4.78, 5) is 0. The highest BCUT2D eigenvalue weighted by Gasteiger charge is 1.91. The molecule has 0 aromatic heterocycles. The Hall–Kier alpha value is -1.16. The zero-order chi connectivity index (χ0) is 11.8. The molecule has 0 saturated carbocycles. The van der Waals surface area contributed by atoms with Gasteiger partial charge in [-0.3, -0.25) is 4.21 Å². The van der Waals surface area contributed by atoms with Gasteiger partial charge in [0.05, 0.1) is 0 Å². The van der Waals surface area contributed by atoms with Gasteiger partial charge in [-0.15, -0.1) is 0 Å². The number of hydrogen-bond acceptors (Lipinski definition) is 2. The molecule has 4 heteroatoms. The van der Waals surface area contributed by atoms with Crippen LogP contribution in [-0.4, -0.2) is 8.76 Å². The molecule has 16 heavy (non-hydrogen) atoms. The largest absolute Gasteiger partial charge is 0.760 e. The summed E-state index contributed by atoms with van der Waals surface area (Å²) >= 11 is 0. The zero-order valence-corrected chi connectivity index (χ0v) is 9.95. The van der Waals surface area contributed by atoms with Crippen molar-refractivity contribution in [1.29, 1.82) is 0 Å². The SMILES string of the molecule is O=S([O-])Cl.c1ccc(-c2ccccc2)cc1. The molecule has 0 amide bonds. The van der Waals surface area contributed by atoms with Gasteiger partial charge < -0.3 is 4.55 Å². The Morgan fingerprint density at radius 2 is 1.06 bits per heavy atom. The second-order valence-corrected chi connectivity index (χ2v) is 4.07. The lowest BCUT2D eigenvalue weighted by Gasteiger charge is -1.98. The van der Waals surface area contributed by atoms with Crippen LogP contribution in [0, 0.1) is 0 Å². The normalized spacial score (nSPS) is 11.1. The Bertz CT molecular complexity index is 390. The number of benzene rings is 2. The van der Waals surface area contributed by atoms with Gasteiger partial charge in [0.2, 0.25) is 0 Å². The summed E-state index contributed by atoms with van der Waals surface area (Å²) in [5.74, 6) is 0. The molecule has 0 aliphatic rings. The van der Waals surface area contributed by atoms with E-state index in [0.29, 0.717) is 0 Å². The van der Waals surface area contributed by atoms with Gasteiger partial charge in [-0.05, 0) is 21.8 Å². The van der Waals surface area contributed by atoms with Crippen molar-refractivity contribution in [3.8, 4) is 11.1 Å². The van der Waals surface area contributed by atoms with Gasteiger partial charge >= 0.3 is 0 Å². The van der Waals surface area contributed by atoms with Crippen LogP contribution in [0.2, 0.25) is 0 Å². The molecule has 2 nitrogen and oxygen atoms in total. The lowest BCUT2D eigenvalue weighted by molar-refractivity contribution is 0.552. The van der Waals surface area contributed by atoms with Crippen LogP contribution in [0.1, 0.15) is 0 Å². The summed E-state index contributed by atoms with van der Waals surface area (Å²) in [6.45, 7) is 0. The van der Waals surface area contributed by atoms with E-state index < -0.39 is 10.3 Å². The molecule has 1 atom stereocenters. The van der Waals surface area contributed by atoms with E-state index in [1.807, 2.05) is 12.1 Å². The van der Waals surface area contributed by atoms with Gasteiger partial charge in [0.15, 0.2) is 0 Å². The highest BCUT2D eigenvalue weighted by atomic mass is 35.7. The van der Waals surface area contributed by atoms with Crippen molar-refractivity contribution in [2.75, 3.05) is 0 Å². The molecule has 2 rings (SSSR count). The third-order valence-corrected chi connectivity index (χ3v) is 1.88. The summed E-state index contributed by atoms with van der Waals surface area (Å²) in [5.41, 5.74) is 2.55. The van der Waals surface area contributed by atoms with Crippen molar-refractivity contribution in [3.63, 3.8) is 0 Å². The van der Waals surface area contributed by atoms with E-state index in [2.05, 4.69) is 59.2 Å². The molecule has 0 spiro atoms. The molecule has 84 valence electrons. The molecule has 1 unspecified atom stereocenters. The summed E-state index contributed by atoms with van der Waals surface area (Å²) in [6.07, 6.45) is 0. The zero-order valence-electron chi connectivity index (χ0n) is 8.38. The Morgan fingerprint density at radius 1 is 0.812 bits per heavy atom. The summed E-state index contributed by atoms with van der Waals surface area (Å²) in [6, 6.07) is 20.8. The highest BCUT2D eigenvalue weighted by molar-refractivity contribution is 8.03. The molecule has 0 N–H and O–H groups in total. The third-order valence-electron chi connectivity index (χ3n) is 1.88. The molecule has 0 aliphatic heterocycles. The third kappa shape index (κ3) is 5.07. The number of hydrogen-bond donors (Lipinski definition) is 0. The van der Waals surface area contributed by atoms with Crippen LogP contribution in [0.4, 0.5) is 0 Å². The Morgan fingerprint density at radius 3 is 1.31 bits per heavy atom. The van der Waals surface area contributed by atoms with Gasteiger partial charge in [0.25, 0.3) is 0 Å². The quantitative estimate of drug-likeness (QED) is 0.577. The predicted molar refractivity (Wildman–Crippen MR) is 66.7 cm³/mol. The first-order chi connectivity index (χ1) is 7.70. The molecule has 0 bridgehead atoms. The molecule has 0 fully saturated rings. The molecule has 0 radical (unpaired) electrons. The minimum absolute atomic E-state index is 1.28. The molecular formula is C12H10ClO2S-. The van der Waals surface area contributed by atoms with Gasteiger partial charge in [-0.1, -0.05) is 60.7 Å². The predicted octanol–water partition coefficient (Wildman–Crippen LogP) is 3.37. The summed E-state index contributed by atoms with van der Waals surface area (Å²) < 4.78 is 17.5. The van der Waals surface area contributed by atoms with Crippen LogP contribution >= 0.6 is 10.7 Å². The van der Waals surface area contributed by atoms with Crippen molar-refractivity contribution >= 4 is 21.0 Å². The van der Waals surface area contributed by atoms with Crippen molar-refractivity contribution in [3.05, 3.63) is 60.7 Å². The van der Waals surface area contributed by atoms with Gasteiger partial charge in [-0.25, -0.2) is 0 Å². The van der Waals surface area contributed by atoms with Crippen LogP contribution in [0.25, 0.3) is 11.1 Å². The van der Waals surface area contributed by atoms with E-state index in [-0.39, 0.29) is 0 Å². The monoisotopic (exact) mass is 253 g/mol. The van der Waals surface area contributed by atoms with Crippen molar-refractivity contribution in [2.24, 2.45) is 0 Å². The fourth-order valence-corrected chi connectivity index (χ4v) is 1.26. The van der Waals surface area contributed by atoms with E-state index in [1.165, 1.54) is 11.1 Å². The van der Waals surface area contributed by atoms with Crippen LogP contribution in [0.5, 0.6) is 0 Å². The fraction of sp³-hybridized carbons (Fsp3) is 0. The standard InChI is InChI=1S/C12H10.ClHO2S/c1-3-7-11(8-4-1)12-9-5-2-6-10-12;1-4(2)3/h1-10H;(H,2,3)/p-1. The molecule has 2 aromatic rings. The maximum absolute atomic E-state index is 8.77. The second kappa shape index (κ2) is 7.17. The minimum atomic E-state index is -2.39. The van der Waals surface area contributed by atoms with Crippen molar-refractivity contribution in [1.82, 2.24) is 0 Å². The molecule has 0 aliphatic carbocycles. The summed E-state index contributed by atoms with van der Waals surface area (Å²) in [5, 5.41) is 0. The molecular weight excluding hydrogens is 244 g/mol. The average molecular weight is 254 g/mol. The topological polar surface area (TPSA) is 40.1 Å². The number of rotatable bonds is 1. The Balaban J connectivity index is 0.000000280. The maximum atomic E-state index is 8.77. The van der Waals surface area contributed by atoms with E-state index in [9.17, 15) is 0 Å². The average Bonchev–Trinajstić information content (AvgIpc) is 2.31. The molecule has 0 saturated heterocycles. The van der Waals surface area contributed by atoms with Gasteiger partial charge in [-0.2, -0.15) is 0 Å². The molecule has 0 heterocycles. The van der Waals surface area contributed by atoms with Crippen LogP contribution in [0.15, 0.2) is 60.7 Å². The van der Waals surface area contributed by atoms with E-state index in [0.717, 1.165) is 0 Å². The van der Waals surface area contributed by atoms with Crippen LogP contribution in [0.3, 0.4) is 0 Å². The smallest absolute Gasteiger partial charge is 0.0422 e. The highest BCUT2D eigenvalue weighted by Crippen LogP contribution is 2.17. The first-order valence-corrected chi connectivity index (χ1v) is 6.46. The molecule has 2 aromatic carbocycles. The number of halogens is 1. The maximum Gasteiger partial charge on any atom is 0.0422 e.